The molecule has 88 valence electrons. The monoisotopic (exact) mass is 224 g/mol. The minimum absolute atomic E-state index is 0.163. The van der Waals surface area contributed by atoms with E-state index in [9.17, 15) is 9.59 Å². The van der Waals surface area contributed by atoms with E-state index in [0.717, 1.165) is 5.69 Å². The average molecular weight is 224 g/mol. The Morgan fingerprint density at radius 3 is 2.62 bits per heavy atom. The normalized spacial score (nSPS) is 10.0. The fraction of sp³-hybridized carbons (Fsp3) is 0.455. The van der Waals surface area contributed by atoms with Gasteiger partial charge in [-0.2, -0.15) is 0 Å². The summed E-state index contributed by atoms with van der Waals surface area (Å²) in [5.74, 6) is -0.547. The molecule has 0 saturated carbocycles. The number of carbonyl (C=O) groups excluding carboxylic acids is 2. The lowest BCUT2D eigenvalue weighted by atomic mass is 10.3. The van der Waals surface area contributed by atoms with Gasteiger partial charge in [0.1, 0.15) is 5.69 Å². The summed E-state index contributed by atoms with van der Waals surface area (Å²) < 4.78 is 6.61. The van der Waals surface area contributed by atoms with Crippen molar-refractivity contribution in [3.8, 4) is 0 Å². The third-order valence-electron chi connectivity index (χ3n) is 2.33. The second-order valence-electron chi connectivity index (χ2n) is 3.49. The molecule has 0 aliphatic rings. The summed E-state index contributed by atoms with van der Waals surface area (Å²) in [5, 5.41) is 2.66. The van der Waals surface area contributed by atoms with Crippen molar-refractivity contribution in [3.05, 3.63) is 17.5 Å². The molecule has 1 aromatic heterocycles. The molecule has 5 heteroatoms. The lowest BCUT2D eigenvalue weighted by molar-refractivity contribution is -0.114. The van der Waals surface area contributed by atoms with Crippen LogP contribution in [0, 0.1) is 6.92 Å². The summed E-state index contributed by atoms with van der Waals surface area (Å²) in [6, 6.07) is 1.62. The quantitative estimate of drug-likeness (QED) is 0.791. The Kier molecular flexibility index (Phi) is 3.71. The molecule has 0 spiro atoms. The molecule has 0 aliphatic heterocycles. The number of hydrogen-bond acceptors (Lipinski definition) is 3. The van der Waals surface area contributed by atoms with Crippen LogP contribution in [0.5, 0.6) is 0 Å². The van der Waals surface area contributed by atoms with E-state index in [2.05, 4.69) is 5.32 Å². The number of hydrogen-bond donors (Lipinski definition) is 1. The molecule has 0 aromatic carbocycles. The number of anilines is 1. The maximum atomic E-state index is 11.6. The van der Waals surface area contributed by atoms with Crippen molar-refractivity contribution in [1.29, 1.82) is 0 Å². The first-order valence-corrected chi connectivity index (χ1v) is 5.08. The van der Waals surface area contributed by atoms with Crippen LogP contribution in [-0.2, 0) is 16.6 Å². The van der Waals surface area contributed by atoms with Gasteiger partial charge in [-0.05, 0) is 19.9 Å². The summed E-state index contributed by atoms with van der Waals surface area (Å²) in [6.45, 7) is 5.34. The Morgan fingerprint density at radius 1 is 1.50 bits per heavy atom. The van der Waals surface area contributed by atoms with E-state index in [4.69, 9.17) is 4.74 Å². The predicted octanol–water partition coefficient (Wildman–Crippen LogP) is 1.47. The first kappa shape index (κ1) is 12.3. The van der Waals surface area contributed by atoms with E-state index in [1.807, 2.05) is 6.92 Å². The molecule has 0 fully saturated rings. The maximum absolute atomic E-state index is 11.6. The minimum atomic E-state index is -0.385. The molecule has 1 heterocycles. The molecule has 0 bridgehead atoms. The van der Waals surface area contributed by atoms with E-state index < -0.39 is 0 Å². The smallest absolute Gasteiger partial charge is 0.355 e. The van der Waals surface area contributed by atoms with E-state index >= 15 is 0 Å². The Hall–Kier alpha value is -1.78. The standard InChI is InChI=1S/C11H16N2O3/c1-5-16-11(15)10-6-9(12-8(3)14)7(2)13(10)4/h6H,5H2,1-4H3,(H,12,14). The van der Waals surface area contributed by atoms with E-state index in [-0.39, 0.29) is 11.9 Å². The molecule has 0 aliphatic carbocycles. The third-order valence-corrected chi connectivity index (χ3v) is 2.33. The van der Waals surface area contributed by atoms with E-state index in [1.165, 1.54) is 6.92 Å². The van der Waals surface area contributed by atoms with Gasteiger partial charge < -0.3 is 14.6 Å². The van der Waals surface area contributed by atoms with Crippen LogP contribution in [0.4, 0.5) is 5.69 Å². The number of rotatable bonds is 3. The zero-order chi connectivity index (χ0) is 12.3. The summed E-state index contributed by atoms with van der Waals surface area (Å²) >= 11 is 0. The second kappa shape index (κ2) is 4.83. The highest BCUT2D eigenvalue weighted by molar-refractivity contribution is 5.94. The van der Waals surface area contributed by atoms with Gasteiger partial charge in [-0.15, -0.1) is 0 Å². The molecule has 0 atom stereocenters. The van der Waals surface area contributed by atoms with Crippen LogP contribution in [-0.4, -0.2) is 23.1 Å². The number of carbonyl (C=O) groups is 2. The summed E-state index contributed by atoms with van der Waals surface area (Å²) in [4.78, 5) is 22.5. The van der Waals surface area contributed by atoms with Gasteiger partial charge in [-0.25, -0.2) is 4.79 Å². The Morgan fingerprint density at radius 2 is 2.12 bits per heavy atom. The molecule has 0 radical (unpaired) electrons. The molecule has 16 heavy (non-hydrogen) atoms. The molecule has 1 N–H and O–H groups in total. The topological polar surface area (TPSA) is 60.3 Å². The zero-order valence-corrected chi connectivity index (χ0v) is 9.96. The summed E-state index contributed by atoms with van der Waals surface area (Å²) in [6.07, 6.45) is 0. The van der Waals surface area contributed by atoms with Crippen molar-refractivity contribution in [1.82, 2.24) is 4.57 Å². The molecule has 0 unspecified atom stereocenters. The van der Waals surface area contributed by atoms with Crippen LogP contribution < -0.4 is 5.32 Å². The molecule has 5 nitrogen and oxygen atoms in total. The van der Waals surface area contributed by atoms with Crippen molar-refractivity contribution >= 4 is 17.6 Å². The molecular weight excluding hydrogens is 208 g/mol. The van der Waals surface area contributed by atoms with Gasteiger partial charge in [0.2, 0.25) is 5.91 Å². The Labute approximate surface area is 94.4 Å². The number of nitrogens with zero attached hydrogens (tertiary/aromatic N) is 1. The summed E-state index contributed by atoms with van der Waals surface area (Å²) in [7, 11) is 1.76. The van der Waals surface area contributed by atoms with Gasteiger partial charge in [0.25, 0.3) is 0 Å². The highest BCUT2D eigenvalue weighted by Crippen LogP contribution is 2.20. The number of amides is 1. The Balaban J connectivity index is 3.04. The minimum Gasteiger partial charge on any atom is -0.461 e. The number of esters is 1. The molecule has 1 amide bonds. The van der Waals surface area contributed by atoms with Crippen LogP contribution in [0.2, 0.25) is 0 Å². The molecular formula is C11H16N2O3. The van der Waals surface area contributed by atoms with Crippen LogP contribution in [0.1, 0.15) is 30.0 Å². The average Bonchev–Trinajstić information content (AvgIpc) is 2.46. The van der Waals surface area contributed by atoms with Gasteiger partial charge >= 0.3 is 5.97 Å². The zero-order valence-electron chi connectivity index (χ0n) is 9.96. The van der Waals surface area contributed by atoms with Gasteiger partial charge in [-0.1, -0.05) is 0 Å². The van der Waals surface area contributed by atoms with Crippen LogP contribution in [0.25, 0.3) is 0 Å². The molecule has 0 saturated heterocycles. The highest BCUT2D eigenvalue weighted by atomic mass is 16.5. The maximum Gasteiger partial charge on any atom is 0.355 e. The van der Waals surface area contributed by atoms with Crippen LogP contribution in [0.15, 0.2) is 6.07 Å². The fourth-order valence-electron chi connectivity index (χ4n) is 1.42. The SMILES string of the molecule is CCOC(=O)c1cc(NC(C)=O)c(C)n1C. The lowest BCUT2D eigenvalue weighted by Crippen LogP contribution is -2.10. The number of ether oxygens (including phenoxy) is 1. The summed E-state index contributed by atoms with van der Waals surface area (Å²) in [5.41, 5.74) is 1.89. The van der Waals surface area contributed by atoms with Gasteiger partial charge in [0.15, 0.2) is 0 Å². The molecule has 1 rings (SSSR count). The Bertz CT molecular complexity index is 421. The van der Waals surface area contributed by atoms with Gasteiger partial charge in [0, 0.05) is 19.7 Å². The first-order chi connectivity index (χ1) is 7.47. The highest BCUT2D eigenvalue weighted by Gasteiger charge is 2.16. The number of nitrogens with one attached hydrogen (secondary N) is 1. The fourth-order valence-corrected chi connectivity index (χ4v) is 1.42. The van der Waals surface area contributed by atoms with Crippen LogP contribution >= 0.6 is 0 Å². The van der Waals surface area contributed by atoms with Crippen molar-refractivity contribution in [2.45, 2.75) is 20.8 Å². The first-order valence-electron chi connectivity index (χ1n) is 5.08. The van der Waals surface area contributed by atoms with Crippen molar-refractivity contribution in [3.63, 3.8) is 0 Å². The molecule has 1 aromatic rings. The third kappa shape index (κ3) is 2.42. The van der Waals surface area contributed by atoms with E-state index in [1.54, 1.807) is 24.6 Å². The van der Waals surface area contributed by atoms with Crippen LogP contribution in [0.3, 0.4) is 0 Å². The van der Waals surface area contributed by atoms with Gasteiger partial charge in [0.05, 0.1) is 12.3 Å². The van der Waals surface area contributed by atoms with Crippen molar-refractivity contribution in [2.75, 3.05) is 11.9 Å². The largest absolute Gasteiger partial charge is 0.461 e. The van der Waals surface area contributed by atoms with E-state index in [0.29, 0.717) is 18.0 Å². The second-order valence-corrected chi connectivity index (χ2v) is 3.49. The van der Waals surface area contributed by atoms with Crippen molar-refractivity contribution < 1.29 is 14.3 Å². The van der Waals surface area contributed by atoms with Crippen molar-refractivity contribution in [2.24, 2.45) is 7.05 Å². The predicted molar refractivity (Wildman–Crippen MR) is 60.4 cm³/mol. The number of aromatic nitrogens is 1. The van der Waals surface area contributed by atoms with Gasteiger partial charge in [-0.3, -0.25) is 4.79 Å². The lowest BCUT2D eigenvalue weighted by Gasteiger charge is -2.04.